The number of benzene rings is 2. The van der Waals surface area contributed by atoms with E-state index in [1.807, 2.05) is 6.92 Å². The van der Waals surface area contributed by atoms with Crippen molar-refractivity contribution in [3.8, 4) is 0 Å². The zero-order valence-electron chi connectivity index (χ0n) is 19.4. The van der Waals surface area contributed by atoms with Gasteiger partial charge in [0.1, 0.15) is 11.6 Å². The van der Waals surface area contributed by atoms with Crippen LogP contribution < -0.4 is 0 Å². The van der Waals surface area contributed by atoms with Crippen LogP contribution in [0.4, 0.5) is 4.39 Å². The first-order valence-electron chi connectivity index (χ1n) is 11.2. The van der Waals surface area contributed by atoms with Crippen LogP contribution in [0.15, 0.2) is 80.7 Å². The highest BCUT2D eigenvalue weighted by molar-refractivity contribution is 9.10. The third-order valence-corrected chi connectivity index (χ3v) is 7.62. The molecule has 0 bridgehead atoms. The molecule has 0 N–H and O–H groups in total. The topological polar surface area (TPSA) is 80.1 Å². The van der Waals surface area contributed by atoms with Crippen LogP contribution in [0.2, 0.25) is 0 Å². The second kappa shape index (κ2) is 13.0. The molecular formula is C25H28BrFN2O5S. The Kier molecular flexibility index (Phi) is 10.0. The number of hydrogen-bond donors (Lipinski definition) is 0. The molecule has 3 aromatic rings. The first-order chi connectivity index (χ1) is 16.8. The number of hydrogen-bond acceptors (Lipinski definition) is 5. The van der Waals surface area contributed by atoms with Crippen LogP contribution in [0.25, 0.3) is 0 Å². The number of ether oxygens (including phenoxy) is 1. The summed E-state index contributed by atoms with van der Waals surface area (Å²) in [7, 11) is -3.94. The molecule has 0 aliphatic carbocycles. The molecular weight excluding hydrogens is 539 g/mol. The zero-order chi connectivity index (χ0) is 25.3. The van der Waals surface area contributed by atoms with Crippen LogP contribution in [0.3, 0.4) is 0 Å². The van der Waals surface area contributed by atoms with E-state index < -0.39 is 15.9 Å². The lowest BCUT2D eigenvalue weighted by Crippen LogP contribution is -2.43. The third kappa shape index (κ3) is 7.99. The van der Waals surface area contributed by atoms with Gasteiger partial charge in [0, 0.05) is 30.8 Å². The van der Waals surface area contributed by atoms with E-state index in [1.165, 1.54) is 39.7 Å². The number of nitrogens with zero attached hydrogens (tertiary/aromatic N) is 2. The smallest absolute Gasteiger partial charge is 0.243 e. The fourth-order valence-corrected chi connectivity index (χ4v) is 5.10. The molecule has 0 aliphatic rings. The Hall–Kier alpha value is -2.53. The van der Waals surface area contributed by atoms with Crippen molar-refractivity contribution < 1.29 is 26.8 Å². The number of carbonyl (C=O) groups excluding carboxylic acids is 1. The molecule has 0 unspecified atom stereocenters. The molecule has 1 aromatic heterocycles. The van der Waals surface area contributed by atoms with Crippen LogP contribution >= 0.6 is 15.9 Å². The highest BCUT2D eigenvalue weighted by atomic mass is 79.9. The summed E-state index contributed by atoms with van der Waals surface area (Å²) in [5.41, 5.74) is 0.713. The lowest BCUT2D eigenvalue weighted by Gasteiger charge is -2.27. The number of halogens is 2. The van der Waals surface area contributed by atoms with E-state index in [0.29, 0.717) is 31.0 Å². The SMILES string of the molecule is CCOCCCN(CC(=O)N(Cc1ccc(F)cc1)Cc1ccco1)S(=O)(=O)c1ccc(Br)cc1. The van der Waals surface area contributed by atoms with Gasteiger partial charge in [-0.25, -0.2) is 12.8 Å². The second-order valence-electron chi connectivity index (χ2n) is 7.80. The van der Waals surface area contributed by atoms with Crippen LogP contribution in [-0.2, 0) is 32.6 Å². The van der Waals surface area contributed by atoms with E-state index in [0.717, 1.165) is 4.47 Å². The minimum atomic E-state index is -3.94. The monoisotopic (exact) mass is 566 g/mol. The minimum absolute atomic E-state index is 0.0982. The molecule has 1 heterocycles. The van der Waals surface area contributed by atoms with Crippen molar-refractivity contribution in [3.05, 3.63) is 88.5 Å². The highest BCUT2D eigenvalue weighted by Gasteiger charge is 2.28. The second-order valence-corrected chi connectivity index (χ2v) is 10.7. The van der Waals surface area contributed by atoms with Crippen molar-refractivity contribution in [1.82, 2.24) is 9.21 Å². The molecule has 7 nitrogen and oxygen atoms in total. The van der Waals surface area contributed by atoms with E-state index >= 15 is 0 Å². The normalized spacial score (nSPS) is 11.7. The van der Waals surface area contributed by atoms with Gasteiger partial charge in [-0.05, 0) is 67.4 Å². The number of sulfonamides is 1. The molecule has 188 valence electrons. The fraction of sp³-hybridized carbons (Fsp3) is 0.320. The molecule has 0 atom stereocenters. The van der Waals surface area contributed by atoms with E-state index in [1.54, 1.807) is 36.4 Å². The minimum Gasteiger partial charge on any atom is -0.467 e. The summed E-state index contributed by atoms with van der Waals surface area (Å²) in [5, 5.41) is 0. The average Bonchev–Trinajstić information content (AvgIpc) is 3.35. The first-order valence-corrected chi connectivity index (χ1v) is 13.4. The molecule has 0 radical (unpaired) electrons. The summed E-state index contributed by atoms with van der Waals surface area (Å²) in [6, 6.07) is 15.6. The van der Waals surface area contributed by atoms with Gasteiger partial charge in [-0.2, -0.15) is 4.31 Å². The van der Waals surface area contributed by atoms with Crippen LogP contribution in [0.1, 0.15) is 24.7 Å². The fourth-order valence-electron chi connectivity index (χ4n) is 3.41. The Morgan fingerprint density at radius 2 is 1.77 bits per heavy atom. The Morgan fingerprint density at radius 3 is 2.40 bits per heavy atom. The number of furan rings is 1. The summed E-state index contributed by atoms with van der Waals surface area (Å²) < 4.78 is 52.9. The van der Waals surface area contributed by atoms with Crippen LogP contribution in [-0.4, -0.2) is 49.8 Å². The van der Waals surface area contributed by atoms with Gasteiger partial charge in [0.2, 0.25) is 15.9 Å². The maximum atomic E-state index is 13.4. The van der Waals surface area contributed by atoms with Gasteiger partial charge in [-0.1, -0.05) is 28.1 Å². The van der Waals surface area contributed by atoms with E-state index in [2.05, 4.69) is 15.9 Å². The van der Waals surface area contributed by atoms with Gasteiger partial charge in [0.05, 0.1) is 24.2 Å². The number of carbonyl (C=O) groups is 1. The molecule has 1 amide bonds. The molecule has 3 rings (SSSR count). The maximum absolute atomic E-state index is 13.4. The third-order valence-electron chi connectivity index (χ3n) is 5.23. The molecule has 2 aromatic carbocycles. The summed E-state index contributed by atoms with van der Waals surface area (Å²) >= 11 is 3.31. The van der Waals surface area contributed by atoms with E-state index in [-0.39, 0.29) is 36.9 Å². The predicted molar refractivity (Wildman–Crippen MR) is 133 cm³/mol. The number of rotatable bonds is 13. The Morgan fingerprint density at radius 1 is 1.06 bits per heavy atom. The molecule has 0 aliphatic heterocycles. The maximum Gasteiger partial charge on any atom is 0.243 e. The van der Waals surface area contributed by atoms with Crippen molar-refractivity contribution >= 4 is 31.9 Å². The quantitative estimate of drug-likeness (QED) is 0.277. The molecule has 0 saturated carbocycles. The summed E-state index contributed by atoms with van der Waals surface area (Å²) in [6.45, 7) is 2.85. The molecule has 10 heteroatoms. The largest absolute Gasteiger partial charge is 0.467 e. The standard InChI is InChI=1S/C25H28BrFN2O5S/c1-2-33-15-4-14-29(35(31,32)24-12-8-21(26)9-13-24)19-25(30)28(18-23-5-3-16-34-23)17-20-6-10-22(27)11-7-20/h3,5-13,16H,2,4,14-15,17-19H2,1H3. The Bertz CT molecular complexity index is 1170. The Balaban J connectivity index is 1.84. The van der Waals surface area contributed by atoms with Crippen molar-refractivity contribution in [1.29, 1.82) is 0 Å². The summed E-state index contributed by atoms with van der Waals surface area (Å²) in [5.74, 6) is -0.222. The Labute approximate surface area is 213 Å². The van der Waals surface area contributed by atoms with Crippen molar-refractivity contribution in [3.63, 3.8) is 0 Å². The van der Waals surface area contributed by atoms with Crippen LogP contribution in [0.5, 0.6) is 0 Å². The van der Waals surface area contributed by atoms with Gasteiger partial charge in [0.15, 0.2) is 0 Å². The lowest BCUT2D eigenvalue weighted by molar-refractivity contribution is -0.133. The van der Waals surface area contributed by atoms with Gasteiger partial charge < -0.3 is 14.1 Å². The lowest BCUT2D eigenvalue weighted by atomic mass is 10.2. The number of amides is 1. The van der Waals surface area contributed by atoms with Crippen molar-refractivity contribution in [2.45, 2.75) is 31.3 Å². The highest BCUT2D eigenvalue weighted by Crippen LogP contribution is 2.20. The predicted octanol–water partition coefficient (Wildman–Crippen LogP) is 4.83. The summed E-state index contributed by atoms with van der Waals surface area (Å²) in [4.78, 5) is 15.0. The molecule has 0 fully saturated rings. The molecule has 0 spiro atoms. The average molecular weight is 567 g/mol. The molecule has 0 saturated heterocycles. The van der Waals surface area contributed by atoms with Gasteiger partial charge >= 0.3 is 0 Å². The van der Waals surface area contributed by atoms with Crippen molar-refractivity contribution in [2.24, 2.45) is 0 Å². The van der Waals surface area contributed by atoms with Gasteiger partial charge in [0.25, 0.3) is 0 Å². The first kappa shape index (κ1) is 27.1. The van der Waals surface area contributed by atoms with Gasteiger partial charge in [-0.3, -0.25) is 4.79 Å². The van der Waals surface area contributed by atoms with Crippen LogP contribution in [0, 0.1) is 5.82 Å². The van der Waals surface area contributed by atoms with E-state index in [9.17, 15) is 17.6 Å². The molecule has 35 heavy (non-hydrogen) atoms. The van der Waals surface area contributed by atoms with E-state index in [4.69, 9.17) is 9.15 Å². The van der Waals surface area contributed by atoms with Crippen molar-refractivity contribution in [2.75, 3.05) is 26.3 Å². The zero-order valence-corrected chi connectivity index (χ0v) is 21.8. The summed E-state index contributed by atoms with van der Waals surface area (Å²) in [6.07, 6.45) is 1.95. The van der Waals surface area contributed by atoms with Gasteiger partial charge in [-0.15, -0.1) is 0 Å².